The van der Waals surface area contributed by atoms with Crippen LogP contribution in [-0.4, -0.2) is 32.7 Å². The molecule has 0 saturated heterocycles. The number of aromatic nitrogens is 3. The van der Waals surface area contributed by atoms with Crippen molar-refractivity contribution >= 4 is 23.6 Å². The van der Waals surface area contributed by atoms with E-state index in [-0.39, 0.29) is 28.1 Å². The van der Waals surface area contributed by atoms with Crippen LogP contribution in [0.5, 0.6) is 0 Å². The number of rotatable bonds is 3. The van der Waals surface area contributed by atoms with Crippen LogP contribution in [0.1, 0.15) is 12.6 Å². The van der Waals surface area contributed by atoms with E-state index in [2.05, 4.69) is 26.0 Å². The number of hydrazine groups is 1. The summed E-state index contributed by atoms with van der Waals surface area (Å²) in [6, 6.07) is 0. The lowest BCUT2D eigenvalue weighted by Crippen LogP contribution is -2.41. The van der Waals surface area contributed by atoms with Gasteiger partial charge >= 0.3 is 0 Å². The summed E-state index contributed by atoms with van der Waals surface area (Å²) in [5.74, 6) is -0.770. The first-order valence-corrected chi connectivity index (χ1v) is 5.59. The van der Waals surface area contributed by atoms with E-state index in [0.717, 1.165) is 11.8 Å². The van der Waals surface area contributed by atoms with Crippen molar-refractivity contribution in [3.05, 3.63) is 16.0 Å². The largest absolute Gasteiger partial charge is 0.298 e. The minimum absolute atomic E-state index is 0.00790. The van der Waals surface area contributed by atoms with Crippen molar-refractivity contribution in [1.29, 1.82) is 0 Å². The summed E-state index contributed by atoms with van der Waals surface area (Å²) in [4.78, 5) is 35.3. The first-order valence-electron chi connectivity index (χ1n) is 4.61. The Bertz CT molecular complexity index is 486. The molecule has 0 aliphatic carbocycles. The fourth-order valence-electron chi connectivity index (χ4n) is 0.771. The van der Waals surface area contributed by atoms with Gasteiger partial charge in [-0.2, -0.15) is 0 Å². The zero-order valence-corrected chi connectivity index (χ0v) is 10.1. The van der Waals surface area contributed by atoms with Gasteiger partial charge in [-0.15, -0.1) is 10.2 Å². The summed E-state index contributed by atoms with van der Waals surface area (Å²) in [5, 5.41) is 7.56. The monoisotopic (exact) mass is 257 g/mol. The van der Waals surface area contributed by atoms with Crippen molar-refractivity contribution < 1.29 is 9.59 Å². The van der Waals surface area contributed by atoms with Crippen LogP contribution in [0.15, 0.2) is 9.95 Å². The average Bonchev–Trinajstić information content (AvgIpc) is 2.28. The van der Waals surface area contributed by atoms with Crippen molar-refractivity contribution in [2.45, 2.75) is 19.0 Å². The van der Waals surface area contributed by atoms with E-state index in [0.29, 0.717) is 0 Å². The summed E-state index contributed by atoms with van der Waals surface area (Å²) < 4.78 is 0. The van der Waals surface area contributed by atoms with Crippen LogP contribution >= 0.6 is 11.8 Å². The van der Waals surface area contributed by atoms with Crippen LogP contribution in [0.3, 0.4) is 0 Å². The first kappa shape index (κ1) is 13.2. The van der Waals surface area contributed by atoms with Crippen molar-refractivity contribution in [3.8, 4) is 0 Å². The van der Waals surface area contributed by atoms with E-state index in [9.17, 15) is 14.4 Å². The van der Waals surface area contributed by atoms with Gasteiger partial charge in [-0.05, 0) is 6.92 Å². The molecule has 8 nitrogen and oxygen atoms in total. The molecule has 0 aromatic carbocycles. The van der Waals surface area contributed by atoms with Gasteiger partial charge in [0.2, 0.25) is 11.8 Å². The second-order valence-electron chi connectivity index (χ2n) is 3.06. The van der Waals surface area contributed by atoms with E-state index >= 15 is 0 Å². The van der Waals surface area contributed by atoms with Crippen LogP contribution in [0.2, 0.25) is 0 Å². The Balaban J connectivity index is 2.45. The van der Waals surface area contributed by atoms with E-state index in [1.165, 1.54) is 13.8 Å². The molecule has 0 aliphatic heterocycles. The molecule has 0 bridgehead atoms. The third-order valence-corrected chi connectivity index (χ3v) is 2.42. The van der Waals surface area contributed by atoms with E-state index in [1.54, 1.807) is 0 Å². The predicted molar refractivity (Wildman–Crippen MR) is 60.1 cm³/mol. The van der Waals surface area contributed by atoms with Crippen molar-refractivity contribution in [1.82, 2.24) is 26.0 Å². The number of H-pyrrole nitrogens is 1. The highest BCUT2D eigenvalue weighted by atomic mass is 32.2. The molecule has 3 N–H and O–H groups in total. The van der Waals surface area contributed by atoms with Crippen molar-refractivity contribution in [2.24, 2.45) is 0 Å². The number of amides is 2. The molecule has 1 rings (SSSR count). The normalized spacial score (nSPS) is 9.76. The molecule has 1 aromatic rings. The summed E-state index contributed by atoms with van der Waals surface area (Å²) >= 11 is 1.01. The zero-order valence-electron chi connectivity index (χ0n) is 9.23. The molecule has 0 aliphatic rings. The summed E-state index contributed by atoms with van der Waals surface area (Å²) in [5.41, 5.74) is 4.24. The highest BCUT2D eigenvalue weighted by Crippen LogP contribution is 2.08. The highest BCUT2D eigenvalue weighted by molar-refractivity contribution is 7.99. The second-order valence-corrected chi connectivity index (χ2v) is 4.03. The molecule has 2 amide bonds. The van der Waals surface area contributed by atoms with Gasteiger partial charge < -0.3 is 0 Å². The smallest absolute Gasteiger partial charge is 0.273 e. The maximum absolute atomic E-state index is 11.2. The fourth-order valence-corrected chi connectivity index (χ4v) is 1.37. The molecule has 92 valence electrons. The Morgan fingerprint density at radius 3 is 2.65 bits per heavy atom. The number of nitrogens with zero attached hydrogens (tertiary/aromatic N) is 2. The lowest BCUT2D eigenvalue weighted by atomic mass is 10.5. The Hall–Kier alpha value is -1.90. The maximum Gasteiger partial charge on any atom is 0.273 e. The number of aromatic amines is 1. The van der Waals surface area contributed by atoms with Gasteiger partial charge in [-0.1, -0.05) is 11.8 Å². The number of hydrogen-bond donors (Lipinski definition) is 3. The van der Waals surface area contributed by atoms with Crippen molar-refractivity contribution in [3.63, 3.8) is 0 Å². The maximum atomic E-state index is 11.2. The number of aryl methyl sites for hydroxylation is 1. The standard InChI is InChI=1S/C8H11N5O3S/c1-4-7(16)9-8(13-10-4)17-3-6(15)12-11-5(2)14/h3H2,1-2H3,(H,11,14)(H,12,15)(H,9,13,16). The van der Waals surface area contributed by atoms with E-state index < -0.39 is 5.91 Å². The van der Waals surface area contributed by atoms with E-state index in [1.807, 2.05) is 0 Å². The van der Waals surface area contributed by atoms with Crippen LogP contribution in [-0.2, 0) is 9.59 Å². The quantitative estimate of drug-likeness (QED) is 0.459. The Labute approximate surface area is 101 Å². The lowest BCUT2D eigenvalue weighted by Gasteiger charge is -2.03. The number of hydrogen-bond acceptors (Lipinski definition) is 6. The molecule has 1 aromatic heterocycles. The molecule has 0 spiro atoms. The molecular weight excluding hydrogens is 246 g/mol. The molecule has 17 heavy (non-hydrogen) atoms. The van der Waals surface area contributed by atoms with Gasteiger partial charge in [0.15, 0.2) is 5.16 Å². The van der Waals surface area contributed by atoms with Crippen molar-refractivity contribution in [2.75, 3.05) is 5.75 Å². The Kier molecular flexibility index (Phi) is 4.64. The highest BCUT2D eigenvalue weighted by Gasteiger charge is 2.06. The van der Waals surface area contributed by atoms with Crippen LogP contribution in [0.4, 0.5) is 0 Å². The van der Waals surface area contributed by atoms with Crippen LogP contribution in [0.25, 0.3) is 0 Å². The summed E-state index contributed by atoms with van der Waals surface area (Å²) in [7, 11) is 0. The topological polar surface area (TPSA) is 117 Å². The van der Waals surface area contributed by atoms with Gasteiger partial charge in [0, 0.05) is 6.92 Å². The Morgan fingerprint density at radius 2 is 2.06 bits per heavy atom. The first-order chi connectivity index (χ1) is 7.99. The summed E-state index contributed by atoms with van der Waals surface area (Å²) in [6.45, 7) is 2.81. The Morgan fingerprint density at radius 1 is 1.35 bits per heavy atom. The molecule has 0 saturated carbocycles. The molecular formula is C8H11N5O3S. The lowest BCUT2D eigenvalue weighted by molar-refractivity contribution is -0.126. The van der Waals surface area contributed by atoms with E-state index in [4.69, 9.17) is 0 Å². The third-order valence-electron chi connectivity index (χ3n) is 1.56. The average molecular weight is 257 g/mol. The molecule has 0 fully saturated rings. The number of nitrogens with one attached hydrogen (secondary N) is 3. The second kappa shape index (κ2) is 5.99. The molecule has 0 atom stereocenters. The third kappa shape index (κ3) is 4.64. The van der Waals surface area contributed by atoms with Gasteiger partial charge in [0.1, 0.15) is 5.69 Å². The van der Waals surface area contributed by atoms with Crippen LogP contribution in [0, 0.1) is 6.92 Å². The molecule has 1 heterocycles. The molecule has 0 unspecified atom stereocenters. The molecule has 9 heteroatoms. The summed E-state index contributed by atoms with van der Waals surface area (Å²) in [6.07, 6.45) is 0. The number of carbonyl (C=O) groups excluding carboxylic acids is 2. The van der Waals surface area contributed by atoms with Gasteiger partial charge in [0.05, 0.1) is 5.75 Å². The predicted octanol–water partition coefficient (Wildman–Crippen LogP) is -1.27. The fraction of sp³-hybridized carbons (Fsp3) is 0.375. The zero-order chi connectivity index (χ0) is 12.8. The number of thioether (sulfide) groups is 1. The minimum Gasteiger partial charge on any atom is -0.298 e. The number of carbonyl (C=O) groups is 2. The minimum atomic E-state index is -0.409. The van der Waals surface area contributed by atoms with Gasteiger partial charge in [-0.3, -0.25) is 30.2 Å². The van der Waals surface area contributed by atoms with Gasteiger partial charge in [0.25, 0.3) is 5.56 Å². The van der Waals surface area contributed by atoms with Gasteiger partial charge in [-0.25, -0.2) is 0 Å². The van der Waals surface area contributed by atoms with Crippen LogP contribution < -0.4 is 16.4 Å². The SMILES string of the molecule is CC(=O)NNC(=O)CSc1nnc(C)c(=O)[nH]1. The molecule has 0 radical (unpaired) electrons.